The predicted molar refractivity (Wildman–Crippen MR) is 82.7 cm³/mol. The average molecular weight is 336 g/mol. The molecular formula is C15H14BrNOS. The molecule has 3 rings (SSSR count). The monoisotopic (exact) mass is 335 g/mol. The minimum Gasteiger partial charge on any atom is -0.492 e. The minimum absolute atomic E-state index is 0.0126. The van der Waals surface area contributed by atoms with E-state index in [0.29, 0.717) is 6.61 Å². The normalized spacial score (nSPS) is 21.6. The van der Waals surface area contributed by atoms with Crippen LogP contribution >= 0.6 is 27.7 Å². The van der Waals surface area contributed by atoms with Crippen molar-refractivity contribution in [3.05, 3.63) is 58.6 Å². The fourth-order valence-electron chi connectivity index (χ4n) is 2.16. The number of ether oxygens (including phenoxy) is 1. The molecule has 0 bridgehead atoms. The molecule has 1 aliphatic rings. The summed E-state index contributed by atoms with van der Waals surface area (Å²) < 4.78 is 6.88. The zero-order valence-corrected chi connectivity index (χ0v) is 12.7. The van der Waals surface area contributed by atoms with Gasteiger partial charge in [0.1, 0.15) is 12.4 Å². The first kappa shape index (κ1) is 13.0. The Morgan fingerprint density at radius 1 is 1.11 bits per heavy atom. The first-order chi connectivity index (χ1) is 9.24. The van der Waals surface area contributed by atoms with Crippen LogP contribution in [0.5, 0.6) is 5.75 Å². The molecule has 2 aromatic carbocycles. The van der Waals surface area contributed by atoms with Gasteiger partial charge >= 0.3 is 0 Å². The van der Waals surface area contributed by atoms with Gasteiger partial charge in [0, 0.05) is 21.0 Å². The highest BCUT2D eigenvalue weighted by Gasteiger charge is 2.28. The van der Waals surface area contributed by atoms with Crippen molar-refractivity contribution in [2.45, 2.75) is 16.2 Å². The second-order valence-corrected chi connectivity index (χ2v) is 6.71. The van der Waals surface area contributed by atoms with Gasteiger partial charge in [0.2, 0.25) is 0 Å². The molecule has 1 aliphatic heterocycles. The van der Waals surface area contributed by atoms with Crippen LogP contribution in [0, 0.1) is 0 Å². The van der Waals surface area contributed by atoms with Crippen LogP contribution in [0.15, 0.2) is 57.9 Å². The molecule has 2 N–H and O–H groups in total. The lowest BCUT2D eigenvalue weighted by Gasteiger charge is -2.30. The van der Waals surface area contributed by atoms with E-state index in [0.717, 1.165) is 15.8 Å². The summed E-state index contributed by atoms with van der Waals surface area (Å²) in [4.78, 5) is 1.21. The number of para-hydroxylation sites is 1. The van der Waals surface area contributed by atoms with E-state index in [2.05, 4.69) is 28.1 Å². The van der Waals surface area contributed by atoms with Crippen LogP contribution in [0.4, 0.5) is 0 Å². The van der Waals surface area contributed by atoms with Gasteiger partial charge in [0.25, 0.3) is 0 Å². The van der Waals surface area contributed by atoms with Crippen LogP contribution in [0.2, 0.25) is 0 Å². The molecule has 19 heavy (non-hydrogen) atoms. The summed E-state index contributed by atoms with van der Waals surface area (Å²) in [6.07, 6.45) is 0. The predicted octanol–water partition coefficient (Wildman–Crippen LogP) is 4.00. The third-order valence-corrected chi connectivity index (χ3v) is 4.99. The number of benzene rings is 2. The molecule has 0 aromatic heterocycles. The molecule has 0 saturated carbocycles. The highest BCUT2D eigenvalue weighted by Crippen LogP contribution is 2.38. The maximum absolute atomic E-state index is 6.36. The van der Waals surface area contributed by atoms with Crippen LogP contribution in [0.25, 0.3) is 0 Å². The van der Waals surface area contributed by atoms with Gasteiger partial charge < -0.3 is 10.5 Å². The second-order valence-electron chi connectivity index (χ2n) is 4.48. The molecule has 0 aliphatic carbocycles. The van der Waals surface area contributed by atoms with Gasteiger partial charge in [-0.1, -0.05) is 34.1 Å². The van der Waals surface area contributed by atoms with Crippen LogP contribution < -0.4 is 10.5 Å². The van der Waals surface area contributed by atoms with Gasteiger partial charge in [0.05, 0.1) is 5.25 Å². The van der Waals surface area contributed by atoms with E-state index in [1.807, 2.05) is 36.4 Å². The SMILES string of the molecule is NC1c2ccccc2OCC1Sc1ccc(Br)cc1. The summed E-state index contributed by atoms with van der Waals surface area (Å²) in [6.45, 7) is 0.652. The molecular weight excluding hydrogens is 322 g/mol. The van der Waals surface area contributed by atoms with Crippen LogP contribution in [-0.2, 0) is 0 Å². The van der Waals surface area contributed by atoms with Gasteiger partial charge in [-0.3, -0.25) is 0 Å². The third kappa shape index (κ3) is 2.81. The Morgan fingerprint density at radius 3 is 2.63 bits per heavy atom. The molecule has 2 nitrogen and oxygen atoms in total. The standard InChI is InChI=1S/C15H14BrNOS/c16-10-5-7-11(8-6-10)19-14-9-18-13-4-2-1-3-12(13)15(14)17/h1-8,14-15H,9,17H2. The third-order valence-electron chi connectivity index (χ3n) is 3.18. The van der Waals surface area contributed by atoms with Crippen LogP contribution in [-0.4, -0.2) is 11.9 Å². The van der Waals surface area contributed by atoms with E-state index in [4.69, 9.17) is 10.5 Å². The quantitative estimate of drug-likeness (QED) is 0.900. The van der Waals surface area contributed by atoms with Crippen LogP contribution in [0.1, 0.15) is 11.6 Å². The molecule has 0 radical (unpaired) electrons. The van der Waals surface area contributed by atoms with E-state index >= 15 is 0 Å². The molecule has 0 spiro atoms. The number of fused-ring (bicyclic) bond motifs is 1. The molecule has 0 amide bonds. The highest BCUT2D eigenvalue weighted by molar-refractivity contribution is 9.10. The van der Waals surface area contributed by atoms with Gasteiger partial charge in [-0.2, -0.15) is 0 Å². The Bertz CT molecular complexity index is 573. The molecule has 2 atom stereocenters. The molecule has 2 aromatic rings. The topological polar surface area (TPSA) is 35.2 Å². The van der Waals surface area contributed by atoms with E-state index < -0.39 is 0 Å². The Morgan fingerprint density at radius 2 is 1.84 bits per heavy atom. The molecule has 98 valence electrons. The summed E-state index contributed by atoms with van der Waals surface area (Å²) in [6, 6.07) is 16.3. The van der Waals surface area contributed by atoms with Crippen LogP contribution in [0.3, 0.4) is 0 Å². The maximum Gasteiger partial charge on any atom is 0.124 e. The maximum atomic E-state index is 6.36. The lowest BCUT2D eigenvalue weighted by molar-refractivity contribution is 0.276. The Labute approximate surface area is 125 Å². The van der Waals surface area contributed by atoms with Gasteiger partial charge in [0.15, 0.2) is 0 Å². The zero-order valence-electron chi connectivity index (χ0n) is 10.3. The lowest BCUT2D eigenvalue weighted by Crippen LogP contribution is -2.33. The summed E-state index contributed by atoms with van der Waals surface area (Å²) >= 11 is 5.22. The van der Waals surface area contributed by atoms with E-state index in [-0.39, 0.29) is 11.3 Å². The highest BCUT2D eigenvalue weighted by atomic mass is 79.9. The summed E-state index contributed by atoms with van der Waals surface area (Å²) in [5.41, 5.74) is 7.46. The Kier molecular flexibility index (Phi) is 3.82. The second kappa shape index (κ2) is 5.57. The van der Waals surface area contributed by atoms with E-state index in [1.165, 1.54) is 4.90 Å². The number of thioether (sulfide) groups is 1. The van der Waals surface area contributed by atoms with Crippen molar-refractivity contribution in [2.75, 3.05) is 6.61 Å². The molecule has 1 heterocycles. The Balaban J connectivity index is 1.79. The van der Waals surface area contributed by atoms with Crippen molar-refractivity contribution in [3.63, 3.8) is 0 Å². The molecule has 0 fully saturated rings. The summed E-state index contributed by atoms with van der Waals surface area (Å²) in [5, 5.41) is 0.246. The van der Waals surface area contributed by atoms with E-state index in [1.54, 1.807) is 11.8 Å². The number of hydrogen-bond acceptors (Lipinski definition) is 3. The fourth-order valence-corrected chi connectivity index (χ4v) is 3.49. The first-order valence-corrected chi connectivity index (χ1v) is 7.81. The number of hydrogen-bond donors (Lipinski definition) is 1. The van der Waals surface area contributed by atoms with Crippen molar-refractivity contribution >= 4 is 27.7 Å². The minimum atomic E-state index is 0.0126. The first-order valence-electron chi connectivity index (χ1n) is 6.13. The van der Waals surface area contributed by atoms with Crippen molar-refractivity contribution in [1.29, 1.82) is 0 Å². The van der Waals surface area contributed by atoms with Crippen molar-refractivity contribution < 1.29 is 4.74 Å². The molecule has 2 unspecified atom stereocenters. The van der Waals surface area contributed by atoms with Gasteiger partial charge in [-0.25, -0.2) is 0 Å². The van der Waals surface area contributed by atoms with Crippen molar-refractivity contribution in [3.8, 4) is 5.75 Å². The smallest absolute Gasteiger partial charge is 0.124 e. The van der Waals surface area contributed by atoms with Crippen molar-refractivity contribution in [1.82, 2.24) is 0 Å². The van der Waals surface area contributed by atoms with Crippen molar-refractivity contribution in [2.24, 2.45) is 5.73 Å². The molecule has 4 heteroatoms. The summed E-state index contributed by atoms with van der Waals surface area (Å²) in [7, 11) is 0. The largest absolute Gasteiger partial charge is 0.492 e. The Hall–Kier alpha value is -0.970. The fraction of sp³-hybridized carbons (Fsp3) is 0.200. The number of halogens is 1. The summed E-state index contributed by atoms with van der Waals surface area (Å²) in [5.74, 6) is 0.919. The van der Waals surface area contributed by atoms with Gasteiger partial charge in [-0.05, 0) is 30.3 Å². The van der Waals surface area contributed by atoms with Gasteiger partial charge in [-0.15, -0.1) is 11.8 Å². The molecule has 0 saturated heterocycles. The lowest BCUT2D eigenvalue weighted by atomic mass is 10.0. The average Bonchev–Trinajstić information content (AvgIpc) is 2.45. The zero-order chi connectivity index (χ0) is 13.2. The van der Waals surface area contributed by atoms with E-state index in [9.17, 15) is 0 Å². The number of nitrogens with two attached hydrogens (primary N) is 1. The number of rotatable bonds is 2.